The quantitative estimate of drug-likeness (QED) is 0.756. The van der Waals surface area contributed by atoms with Gasteiger partial charge in [-0.05, 0) is 24.6 Å². The monoisotopic (exact) mass is 204 g/mol. The van der Waals surface area contributed by atoms with Gasteiger partial charge in [0.2, 0.25) is 0 Å². The van der Waals surface area contributed by atoms with Gasteiger partial charge >= 0.3 is 0 Å². The Hall–Kier alpha value is -1.31. The molecule has 0 heterocycles. The van der Waals surface area contributed by atoms with Gasteiger partial charge in [-0.25, -0.2) is 0 Å². The Morgan fingerprint density at radius 2 is 2.00 bits per heavy atom. The largest absolute Gasteiger partial charge is 0.494 e. The Balaban J connectivity index is 2.07. The first-order chi connectivity index (χ1) is 7.22. The SMILES string of the molecule is CCOc1ccc(C2CC(=O)C2C)cc1. The third-order valence-corrected chi connectivity index (χ3v) is 3.15. The Kier molecular flexibility index (Phi) is 2.76. The lowest BCUT2D eigenvalue weighted by Gasteiger charge is -2.32. The molecule has 1 aliphatic carbocycles. The molecule has 0 radical (unpaired) electrons. The highest BCUT2D eigenvalue weighted by molar-refractivity contribution is 5.88. The maximum Gasteiger partial charge on any atom is 0.136 e. The van der Waals surface area contributed by atoms with Crippen LogP contribution in [0.3, 0.4) is 0 Å². The molecule has 0 amide bonds. The zero-order valence-electron chi connectivity index (χ0n) is 9.19. The molecule has 1 aromatic rings. The minimum absolute atomic E-state index is 0.197. The topological polar surface area (TPSA) is 26.3 Å². The predicted molar refractivity (Wildman–Crippen MR) is 59.1 cm³/mol. The van der Waals surface area contributed by atoms with Gasteiger partial charge in [0.25, 0.3) is 0 Å². The number of rotatable bonds is 3. The molecule has 2 nitrogen and oxygen atoms in total. The fourth-order valence-corrected chi connectivity index (χ4v) is 2.03. The summed E-state index contributed by atoms with van der Waals surface area (Å²) in [5.41, 5.74) is 1.26. The van der Waals surface area contributed by atoms with Crippen LogP contribution in [-0.2, 0) is 4.79 Å². The highest BCUT2D eigenvalue weighted by Gasteiger charge is 2.36. The van der Waals surface area contributed by atoms with Crippen molar-refractivity contribution in [3.05, 3.63) is 29.8 Å². The van der Waals surface area contributed by atoms with Gasteiger partial charge in [0, 0.05) is 18.3 Å². The van der Waals surface area contributed by atoms with Crippen LogP contribution in [0.2, 0.25) is 0 Å². The molecule has 0 spiro atoms. The summed E-state index contributed by atoms with van der Waals surface area (Å²) in [5.74, 6) is 1.91. The van der Waals surface area contributed by atoms with Gasteiger partial charge < -0.3 is 4.74 Å². The molecule has 1 fully saturated rings. The standard InChI is InChI=1S/C13H16O2/c1-3-15-11-6-4-10(5-7-11)12-8-13(14)9(12)2/h4-7,9,12H,3,8H2,1-2H3. The van der Waals surface area contributed by atoms with Crippen molar-refractivity contribution in [1.82, 2.24) is 0 Å². The molecule has 0 N–H and O–H groups in total. The van der Waals surface area contributed by atoms with E-state index in [0.29, 0.717) is 24.7 Å². The van der Waals surface area contributed by atoms with E-state index in [2.05, 4.69) is 12.1 Å². The van der Waals surface area contributed by atoms with Crippen LogP contribution in [0.5, 0.6) is 5.75 Å². The second-order valence-electron chi connectivity index (χ2n) is 4.07. The van der Waals surface area contributed by atoms with Crippen molar-refractivity contribution < 1.29 is 9.53 Å². The van der Waals surface area contributed by atoms with Crippen LogP contribution in [0.15, 0.2) is 24.3 Å². The van der Waals surface area contributed by atoms with Crippen molar-refractivity contribution in [2.75, 3.05) is 6.61 Å². The lowest BCUT2D eigenvalue weighted by Crippen LogP contribution is -2.32. The number of carbonyl (C=O) groups is 1. The fourth-order valence-electron chi connectivity index (χ4n) is 2.03. The number of ketones is 1. The molecule has 0 aliphatic heterocycles. The van der Waals surface area contributed by atoms with Gasteiger partial charge in [-0.3, -0.25) is 4.79 Å². The first-order valence-electron chi connectivity index (χ1n) is 5.48. The first kappa shape index (κ1) is 10.2. The van der Waals surface area contributed by atoms with E-state index in [9.17, 15) is 4.79 Å². The summed E-state index contributed by atoms with van der Waals surface area (Å²) in [5, 5.41) is 0. The van der Waals surface area contributed by atoms with Crippen molar-refractivity contribution in [3.63, 3.8) is 0 Å². The number of ether oxygens (including phenoxy) is 1. The molecule has 0 saturated heterocycles. The van der Waals surface area contributed by atoms with Crippen LogP contribution in [0.1, 0.15) is 31.7 Å². The predicted octanol–water partition coefficient (Wildman–Crippen LogP) is 2.78. The Labute approximate surface area is 90.3 Å². The maximum atomic E-state index is 11.2. The Bertz CT molecular complexity index is 353. The highest BCUT2D eigenvalue weighted by atomic mass is 16.5. The second-order valence-corrected chi connectivity index (χ2v) is 4.07. The van der Waals surface area contributed by atoms with Gasteiger partial charge in [0.05, 0.1) is 6.61 Å². The molecule has 80 valence electrons. The second kappa shape index (κ2) is 4.05. The molecule has 1 aliphatic rings. The van der Waals surface area contributed by atoms with Crippen molar-refractivity contribution in [2.45, 2.75) is 26.2 Å². The van der Waals surface area contributed by atoms with E-state index in [1.807, 2.05) is 26.0 Å². The van der Waals surface area contributed by atoms with Crippen LogP contribution in [0.4, 0.5) is 0 Å². The van der Waals surface area contributed by atoms with E-state index in [0.717, 1.165) is 5.75 Å². The number of benzene rings is 1. The maximum absolute atomic E-state index is 11.2. The van der Waals surface area contributed by atoms with Gasteiger partial charge in [0.15, 0.2) is 0 Å². The summed E-state index contributed by atoms with van der Waals surface area (Å²) in [6.45, 7) is 4.67. The summed E-state index contributed by atoms with van der Waals surface area (Å²) in [7, 11) is 0. The van der Waals surface area contributed by atoms with E-state index in [-0.39, 0.29) is 5.92 Å². The van der Waals surface area contributed by atoms with Gasteiger partial charge in [-0.15, -0.1) is 0 Å². The van der Waals surface area contributed by atoms with Gasteiger partial charge in [-0.2, -0.15) is 0 Å². The van der Waals surface area contributed by atoms with Gasteiger partial charge in [0.1, 0.15) is 11.5 Å². The Morgan fingerprint density at radius 1 is 1.33 bits per heavy atom. The van der Waals surface area contributed by atoms with Crippen molar-refractivity contribution >= 4 is 5.78 Å². The van der Waals surface area contributed by atoms with Crippen molar-refractivity contribution in [2.24, 2.45) is 5.92 Å². The molecule has 0 aromatic heterocycles. The van der Waals surface area contributed by atoms with Gasteiger partial charge in [-0.1, -0.05) is 19.1 Å². The zero-order chi connectivity index (χ0) is 10.8. The van der Waals surface area contributed by atoms with E-state index in [1.165, 1.54) is 5.56 Å². The number of hydrogen-bond acceptors (Lipinski definition) is 2. The van der Waals surface area contributed by atoms with Crippen LogP contribution in [0.25, 0.3) is 0 Å². The summed E-state index contributed by atoms with van der Waals surface area (Å²) >= 11 is 0. The number of hydrogen-bond donors (Lipinski definition) is 0. The average Bonchev–Trinajstić information content (AvgIpc) is 2.27. The molecule has 1 saturated carbocycles. The molecule has 2 heteroatoms. The number of Topliss-reactive ketones (excluding diaryl/α,β-unsaturated/α-hetero) is 1. The molecule has 2 rings (SSSR count). The lowest BCUT2D eigenvalue weighted by atomic mass is 9.70. The summed E-state index contributed by atoms with van der Waals surface area (Å²) in [4.78, 5) is 11.2. The van der Waals surface area contributed by atoms with E-state index in [4.69, 9.17) is 4.74 Å². The van der Waals surface area contributed by atoms with E-state index in [1.54, 1.807) is 0 Å². The molecule has 2 atom stereocenters. The molecule has 2 unspecified atom stereocenters. The van der Waals surface area contributed by atoms with E-state index >= 15 is 0 Å². The van der Waals surface area contributed by atoms with Crippen LogP contribution in [0, 0.1) is 5.92 Å². The number of carbonyl (C=O) groups excluding carboxylic acids is 1. The van der Waals surface area contributed by atoms with Crippen molar-refractivity contribution in [1.29, 1.82) is 0 Å². The van der Waals surface area contributed by atoms with Crippen LogP contribution in [-0.4, -0.2) is 12.4 Å². The molecular formula is C13H16O2. The first-order valence-corrected chi connectivity index (χ1v) is 5.48. The lowest BCUT2D eigenvalue weighted by molar-refractivity contribution is -0.130. The minimum Gasteiger partial charge on any atom is -0.494 e. The minimum atomic E-state index is 0.197. The third-order valence-electron chi connectivity index (χ3n) is 3.15. The molecule has 1 aromatic carbocycles. The van der Waals surface area contributed by atoms with Crippen LogP contribution >= 0.6 is 0 Å². The molecule has 15 heavy (non-hydrogen) atoms. The van der Waals surface area contributed by atoms with Crippen LogP contribution < -0.4 is 4.74 Å². The zero-order valence-corrected chi connectivity index (χ0v) is 9.19. The van der Waals surface area contributed by atoms with Crippen molar-refractivity contribution in [3.8, 4) is 5.75 Å². The molecule has 0 bridgehead atoms. The normalized spacial score (nSPS) is 24.8. The average molecular weight is 204 g/mol. The summed E-state index contributed by atoms with van der Waals surface area (Å²) in [6, 6.07) is 8.10. The summed E-state index contributed by atoms with van der Waals surface area (Å²) in [6.07, 6.45) is 0.704. The van der Waals surface area contributed by atoms with E-state index < -0.39 is 0 Å². The Morgan fingerprint density at radius 3 is 2.47 bits per heavy atom. The summed E-state index contributed by atoms with van der Waals surface area (Å²) < 4.78 is 5.37. The molecular weight excluding hydrogens is 188 g/mol. The third kappa shape index (κ3) is 1.89. The smallest absolute Gasteiger partial charge is 0.136 e. The highest BCUT2D eigenvalue weighted by Crippen LogP contribution is 2.39. The fraction of sp³-hybridized carbons (Fsp3) is 0.462.